The van der Waals surface area contributed by atoms with Crippen molar-refractivity contribution >= 4 is 28.3 Å². The number of hydrogen-bond donors (Lipinski definition) is 0. The van der Waals surface area contributed by atoms with Gasteiger partial charge in [-0.2, -0.15) is 18.3 Å². The molecule has 25 heavy (non-hydrogen) atoms. The van der Waals surface area contributed by atoms with Crippen molar-refractivity contribution in [1.29, 1.82) is 0 Å². The molecule has 0 atom stereocenters. The van der Waals surface area contributed by atoms with Crippen LogP contribution in [0.3, 0.4) is 0 Å². The molecule has 2 heterocycles. The Labute approximate surface area is 145 Å². The number of rotatable bonds is 4. The Kier molecular flexibility index (Phi) is 4.80. The van der Waals surface area contributed by atoms with Crippen LogP contribution in [0.1, 0.15) is 24.7 Å². The maximum absolute atomic E-state index is 13.1. The van der Waals surface area contributed by atoms with Crippen molar-refractivity contribution in [1.82, 2.24) is 0 Å². The third-order valence-corrected chi connectivity index (χ3v) is 4.54. The van der Waals surface area contributed by atoms with Gasteiger partial charge in [0, 0.05) is 12.0 Å². The average molecular weight is 366 g/mol. The number of ketones is 1. The first-order valence-corrected chi connectivity index (χ1v) is 8.35. The predicted molar refractivity (Wildman–Crippen MR) is 90.9 cm³/mol. The van der Waals surface area contributed by atoms with Crippen molar-refractivity contribution in [2.24, 2.45) is 10.2 Å². The molecule has 0 radical (unpaired) electrons. The van der Waals surface area contributed by atoms with E-state index in [1.54, 1.807) is 6.07 Å². The predicted octanol–water partition coefficient (Wildman–Crippen LogP) is 4.79. The summed E-state index contributed by atoms with van der Waals surface area (Å²) in [4.78, 5) is 11.0. The number of Topliss-reactive ketones (excluding diaryl/α,β-unsaturated/α-hetero) is 1. The Hall–Kier alpha value is -2.35. The molecule has 3 rings (SSSR count). The van der Waals surface area contributed by atoms with E-state index in [1.165, 1.54) is 43.0 Å². The summed E-state index contributed by atoms with van der Waals surface area (Å²) in [6.07, 6.45) is -4.07. The zero-order valence-electron chi connectivity index (χ0n) is 13.1. The number of furan rings is 1. The fourth-order valence-electron chi connectivity index (χ4n) is 2.31. The Morgan fingerprint density at radius 2 is 1.88 bits per heavy atom. The van der Waals surface area contributed by atoms with Crippen molar-refractivity contribution in [3.8, 4) is 11.3 Å². The van der Waals surface area contributed by atoms with E-state index in [0.717, 1.165) is 6.07 Å². The number of halogens is 3. The molecular weight excluding hydrogens is 353 g/mol. The van der Waals surface area contributed by atoms with Crippen LogP contribution in [-0.4, -0.2) is 22.3 Å². The Morgan fingerprint density at radius 3 is 2.60 bits per heavy atom. The molecular formula is C17H13F3N2O2S. The van der Waals surface area contributed by atoms with Gasteiger partial charge in [0.2, 0.25) is 0 Å². The van der Waals surface area contributed by atoms with Gasteiger partial charge < -0.3 is 4.42 Å². The lowest BCUT2D eigenvalue weighted by Crippen LogP contribution is -2.06. The van der Waals surface area contributed by atoms with Crippen LogP contribution in [-0.2, 0) is 11.0 Å². The number of nitrogens with zero attached hydrogens (tertiary/aromatic N) is 2. The summed E-state index contributed by atoms with van der Waals surface area (Å²) < 4.78 is 45.0. The van der Waals surface area contributed by atoms with Gasteiger partial charge in [-0.3, -0.25) is 4.79 Å². The minimum Gasteiger partial charge on any atom is -0.455 e. The van der Waals surface area contributed by atoms with Gasteiger partial charge in [0.25, 0.3) is 0 Å². The molecule has 0 unspecified atom stereocenters. The van der Waals surface area contributed by atoms with Crippen molar-refractivity contribution in [2.75, 3.05) is 5.75 Å². The minimum absolute atomic E-state index is 0.0213. The van der Waals surface area contributed by atoms with Gasteiger partial charge in [0.1, 0.15) is 22.3 Å². The number of benzene rings is 1. The molecule has 0 aliphatic carbocycles. The molecule has 130 valence electrons. The van der Waals surface area contributed by atoms with Gasteiger partial charge in [-0.25, -0.2) is 0 Å². The lowest BCUT2D eigenvalue weighted by molar-refractivity contribution is -0.137. The lowest BCUT2D eigenvalue weighted by Gasteiger charge is -2.10. The number of alkyl halides is 3. The van der Waals surface area contributed by atoms with Gasteiger partial charge in [-0.05, 0) is 25.1 Å². The van der Waals surface area contributed by atoms with Crippen LogP contribution >= 0.6 is 11.8 Å². The zero-order valence-corrected chi connectivity index (χ0v) is 13.9. The molecule has 1 aromatic heterocycles. The molecule has 8 heteroatoms. The molecule has 1 aromatic carbocycles. The summed E-state index contributed by atoms with van der Waals surface area (Å²) >= 11 is 1.30. The molecule has 0 N–H and O–H groups in total. The molecule has 1 aliphatic rings. The van der Waals surface area contributed by atoms with Crippen LogP contribution in [0.2, 0.25) is 0 Å². The van der Waals surface area contributed by atoms with Gasteiger partial charge in [0.15, 0.2) is 5.76 Å². The van der Waals surface area contributed by atoms with E-state index >= 15 is 0 Å². The zero-order chi connectivity index (χ0) is 18.0. The number of thioether (sulfide) groups is 1. The highest BCUT2D eigenvalue weighted by atomic mass is 32.2. The van der Waals surface area contributed by atoms with E-state index in [-0.39, 0.29) is 17.1 Å². The standard InChI is InChI=1S/C17H13F3N2O2S/c1-10(23)9-25-16-8-13(21-22-16)15-7-6-14(24-15)11-4-2-3-5-12(11)17(18,19)20/h2-7H,8-9H2,1H3. The molecule has 1 aliphatic heterocycles. The smallest absolute Gasteiger partial charge is 0.417 e. The maximum atomic E-state index is 13.1. The molecule has 0 amide bonds. The van der Waals surface area contributed by atoms with E-state index in [0.29, 0.717) is 28.7 Å². The summed E-state index contributed by atoms with van der Waals surface area (Å²) in [5, 5.41) is 8.66. The van der Waals surface area contributed by atoms with Crippen molar-refractivity contribution in [3.05, 3.63) is 47.7 Å². The first-order valence-electron chi connectivity index (χ1n) is 7.37. The van der Waals surface area contributed by atoms with Gasteiger partial charge in [0.05, 0.1) is 11.3 Å². The second-order valence-electron chi connectivity index (χ2n) is 5.42. The first kappa shape index (κ1) is 17.5. The third kappa shape index (κ3) is 4.01. The number of hydrogen-bond acceptors (Lipinski definition) is 5. The van der Waals surface area contributed by atoms with Crippen LogP contribution in [0.15, 0.2) is 51.0 Å². The molecule has 0 bridgehead atoms. The SMILES string of the molecule is CC(=O)CSC1=NN=C(c2ccc(-c3ccccc3C(F)(F)F)o2)C1. The van der Waals surface area contributed by atoms with Crippen molar-refractivity contribution in [3.63, 3.8) is 0 Å². The molecule has 4 nitrogen and oxygen atoms in total. The quantitative estimate of drug-likeness (QED) is 0.781. The highest BCUT2D eigenvalue weighted by Crippen LogP contribution is 2.37. The summed E-state index contributed by atoms with van der Waals surface area (Å²) in [6, 6.07) is 8.32. The van der Waals surface area contributed by atoms with E-state index < -0.39 is 11.7 Å². The van der Waals surface area contributed by atoms with Crippen LogP contribution in [0.4, 0.5) is 13.2 Å². The first-order chi connectivity index (χ1) is 11.8. The van der Waals surface area contributed by atoms with E-state index in [1.807, 2.05) is 0 Å². The molecule has 0 fully saturated rings. The van der Waals surface area contributed by atoms with Gasteiger partial charge in [-0.1, -0.05) is 18.2 Å². The normalized spacial score (nSPS) is 14.4. The summed E-state index contributed by atoms with van der Waals surface area (Å²) in [6.45, 7) is 1.49. The highest BCUT2D eigenvalue weighted by Gasteiger charge is 2.34. The topological polar surface area (TPSA) is 54.9 Å². The highest BCUT2D eigenvalue weighted by molar-refractivity contribution is 8.14. The summed E-state index contributed by atoms with van der Waals surface area (Å²) in [5.74, 6) is 0.832. The molecule has 2 aromatic rings. The molecule has 0 saturated heterocycles. The van der Waals surface area contributed by atoms with Crippen molar-refractivity contribution in [2.45, 2.75) is 19.5 Å². The lowest BCUT2D eigenvalue weighted by atomic mass is 10.1. The second kappa shape index (κ2) is 6.87. The van der Waals surface area contributed by atoms with E-state index in [9.17, 15) is 18.0 Å². The number of carbonyl (C=O) groups is 1. The summed E-state index contributed by atoms with van der Waals surface area (Å²) in [5.41, 5.74) is -0.244. The third-order valence-electron chi connectivity index (χ3n) is 3.43. The van der Waals surface area contributed by atoms with Crippen LogP contribution in [0, 0.1) is 0 Å². The van der Waals surface area contributed by atoms with E-state index in [4.69, 9.17) is 4.42 Å². The Morgan fingerprint density at radius 1 is 1.16 bits per heavy atom. The second-order valence-corrected chi connectivity index (χ2v) is 6.46. The van der Waals surface area contributed by atoms with Gasteiger partial charge in [-0.15, -0.1) is 16.9 Å². The van der Waals surface area contributed by atoms with Crippen LogP contribution in [0.25, 0.3) is 11.3 Å². The van der Waals surface area contributed by atoms with Crippen LogP contribution < -0.4 is 0 Å². The van der Waals surface area contributed by atoms with Crippen LogP contribution in [0.5, 0.6) is 0 Å². The largest absolute Gasteiger partial charge is 0.455 e. The fraction of sp³-hybridized carbons (Fsp3) is 0.235. The molecule has 0 saturated carbocycles. The minimum atomic E-state index is -4.46. The number of carbonyl (C=O) groups excluding carboxylic acids is 1. The molecule has 0 spiro atoms. The Balaban J connectivity index is 1.78. The maximum Gasteiger partial charge on any atom is 0.417 e. The van der Waals surface area contributed by atoms with Crippen molar-refractivity contribution < 1.29 is 22.4 Å². The summed E-state index contributed by atoms with van der Waals surface area (Å²) in [7, 11) is 0. The average Bonchev–Trinajstić information content (AvgIpc) is 3.21. The Bertz CT molecular complexity index is 869. The van der Waals surface area contributed by atoms with Gasteiger partial charge >= 0.3 is 6.18 Å². The fourth-order valence-corrected chi connectivity index (χ4v) is 3.02. The van der Waals surface area contributed by atoms with E-state index in [2.05, 4.69) is 10.2 Å². The monoisotopic (exact) mass is 366 g/mol.